The summed E-state index contributed by atoms with van der Waals surface area (Å²) in [6, 6.07) is 8.94. The van der Waals surface area contributed by atoms with Crippen molar-refractivity contribution in [2.45, 2.75) is 13.0 Å². The van der Waals surface area contributed by atoms with Gasteiger partial charge in [-0.15, -0.1) is 0 Å². The van der Waals surface area contributed by atoms with Gasteiger partial charge in [-0.3, -0.25) is 4.79 Å². The van der Waals surface area contributed by atoms with E-state index >= 15 is 0 Å². The zero-order chi connectivity index (χ0) is 9.68. The highest BCUT2D eigenvalue weighted by molar-refractivity contribution is 5.49. The molecule has 0 fully saturated rings. The molecule has 0 aromatic heterocycles. The Bertz CT molecular complexity index is 324. The third-order valence-electron chi connectivity index (χ3n) is 1.77. The third kappa shape index (κ3) is 2.31. The van der Waals surface area contributed by atoms with Crippen LogP contribution >= 0.6 is 0 Å². The summed E-state index contributed by atoms with van der Waals surface area (Å²) in [6.45, 7) is 1.97. The molecule has 0 aliphatic carbocycles. The maximum Gasteiger partial charge on any atom is 0.208 e. The molecule has 0 saturated heterocycles. The Balaban J connectivity index is 2.87. The number of carbonyl (C=O) groups excluding carboxylic acids is 1. The molecule has 0 spiro atoms. The van der Waals surface area contributed by atoms with Crippen LogP contribution < -0.4 is 5.32 Å². The van der Waals surface area contributed by atoms with E-state index in [0.29, 0.717) is 6.41 Å². The summed E-state index contributed by atoms with van der Waals surface area (Å²) in [6.07, 6.45) is 0.535. The number of aryl methyl sites for hydroxylation is 1. The fraction of sp³-hybridized carbons (Fsp3) is 0.200. The first-order chi connectivity index (χ1) is 6.27. The quantitative estimate of drug-likeness (QED) is 0.702. The van der Waals surface area contributed by atoms with Crippen LogP contribution in [0.15, 0.2) is 24.3 Å². The zero-order valence-electron chi connectivity index (χ0n) is 7.32. The van der Waals surface area contributed by atoms with Crippen molar-refractivity contribution >= 4 is 6.41 Å². The second-order valence-corrected chi connectivity index (χ2v) is 2.76. The molecule has 0 radical (unpaired) electrons. The number of nitrogens with zero attached hydrogens (tertiary/aromatic N) is 1. The van der Waals surface area contributed by atoms with Crippen molar-refractivity contribution in [3.63, 3.8) is 0 Å². The van der Waals surface area contributed by atoms with Crippen molar-refractivity contribution in [1.82, 2.24) is 5.32 Å². The molecule has 0 saturated carbocycles. The van der Waals surface area contributed by atoms with Crippen molar-refractivity contribution in [2.24, 2.45) is 0 Å². The minimum Gasteiger partial charge on any atom is -0.339 e. The van der Waals surface area contributed by atoms with E-state index in [-0.39, 0.29) is 0 Å². The summed E-state index contributed by atoms with van der Waals surface area (Å²) in [5.74, 6) is 0. The van der Waals surface area contributed by atoms with Gasteiger partial charge in [-0.05, 0) is 12.5 Å². The van der Waals surface area contributed by atoms with Crippen LogP contribution in [0.2, 0.25) is 0 Å². The topological polar surface area (TPSA) is 52.9 Å². The highest BCUT2D eigenvalue weighted by Crippen LogP contribution is 2.11. The van der Waals surface area contributed by atoms with E-state index < -0.39 is 6.04 Å². The smallest absolute Gasteiger partial charge is 0.208 e. The molecule has 0 aliphatic rings. The van der Waals surface area contributed by atoms with Gasteiger partial charge in [-0.25, -0.2) is 0 Å². The predicted molar refractivity (Wildman–Crippen MR) is 48.7 cm³/mol. The maximum absolute atomic E-state index is 10.2. The van der Waals surface area contributed by atoms with Crippen molar-refractivity contribution in [2.75, 3.05) is 0 Å². The van der Waals surface area contributed by atoms with Crippen LogP contribution in [0.25, 0.3) is 0 Å². The normalized spacial score (nSPS) is 11.4. The Labute approximate surface area is 77.0 Å². The summed E-state index contributed by atoms with van der Waals surface area (Å²) < 4.78 is 0. The molecule has 1 aromatic carbocycles. The van der Waals surface area contributed by atoms with E-state index in [1.807, 2.05) is 37.3 Å². The number of rotatable bonds is 3. The molecule has 1 rings (SSSR count). The van der Waals surface area contributed by atoms with Crippen LogP contribution in [0.3, 0.4) is 0 Å². The standard InChI is InChI=1S/C10H10N2O/c1-8-2-4-9(5-3-8)10(6-11)12-7-13/h2-5,7,10H,1H3,(H,12,13). The van der Waals surface area contributed by atoms with Gasteiger partial charge in [0.15, 0.2) is 0 Å². The van der Waals surface area contributed by atoms with Crippen LogP contribution in [0.5, 0.6) is 0 Å². The van der Waals surface area contributed by atoms with Crippen molar-refractivity contribution in [1.29, 1.82) is 5.26 Å². The molecule has 3 nitrogen and oxygen atoms in total. The lowest BCUT2D eigenvalue weighted by Gasteiger charge is -2.07. The van der Waals surface area contributed by atoms with E-state index in [1.54, 1.807) is 0 Å². The fourth-order valence-corrected chi connectivity index (χ4v) is 1.03. The first kappa shape index (κ1) is 9.27. The molecular formula is C10H10N2O. The van der Waals surface area contributed by atoms with Gasteiger partial charge >= 0.3 is 0 Å². The summed E-state index contributed by atoms with van der Waals surface area (Å²) in [5.41, 5.74) is 1.94. The number of benzene rings is 1. The van der Waals surface area contributed by atoms with Crippen LogP contribution in [-0.2, 0) is 4.79 Å². The van der Waals surface area contributed by atoms with Gasteiger partial charge in [-0.2, -0.15) is 5.26 Å². The number of hydrogen-bond acceptors (Lipinski definition) is 2. The Morgan fingerprint density at radius 1 is 1.46 bits per heavy atom. The molecule has 1 N–H and O–H groups in total. The average molecular weight is 174 g/mol. The first-order valence-corrected chi connectivity index (χ1v) is 3.94. The zero-order valence-corrected chi connectivity index (χ0v) is 7.32. The third-order valence-corrected chi connectivity index (χ3v) is 1.77. The molecule has 1 aromatic rings. The lowest BCUT2D eigenvalue weighted by atomic mass is 10.1. The molecular weight excluding hydrogens is 164 g/mol. The molecule has 13 heavy (non-hydrogen) atoms. The largest absolute Gasteiger partial charge is 0.339 e. The van der Waals surface area contributed by atoms with E-state index in [2.05, 4.69) is 5.32 Å². The van der Waals surface area contributed by atoms with Crippen molar-refractivity contribution in [3.8, 4) is 6.07 Å². The minimum absolute atomic E-state index is 0.535. The Kier molecular flexibility index (Phi) is 3.04. The summed E-state index contributed by atoms with van der Waals surface area (Å²) >= 11 is 0. The first-order valence-electron chi connectivity index (χ1n) is 3.94. The molecule has 0 bridgehead atoms. The number of amides is 1. The van der Waals surface area contributed by atoms with E-state index in [4.69, 9.17) is 5.26 Å². The SMILES string of the molecule is Cc1ccc(C(C#N)NC=O)cc1. The number of hydrogen-bond donors (Lipinski definition) is 1. The number of nitriles is 1. The van der Waals surface area contributed by atoms with Gasteiger partial charge in [0.25, 0.3) is 0 Å². The van der Waals surface area contributed by atoms with E-state index in [0.717, 1.165) is 11.1 Å². The van der Waals surface area contributed by atoms with Gasteiger partial charge < -0.3 is 5.32 Å². The van der Waals surface area contributed by atoms with Crippen LogP contribution in [-0.4, -0.2) is 6.41 Å². The molecule has 3 heteroatoms. The molecule has 0 aliphatic heterocycles. The molecule has 66 valence electrons. The molecule has 1 unspecified atom stereocenters. The second-order valence-electron chi connectivity index (χ2n) is 2.76. The molecule has 1 atom stereocenters. The summed E-state index contributed by atoms with van der Waals surface area (Å²) in [7, 11) is 0. The van der Waals surface area contributed by atoms with Gasteiger partial charge in [0.05, 0.1) is 6.07 Å². The van der Waals surface area contributed by atoms with E-state index in [9.17, 15) is 4.79 Å². The lowest BCUT2D eigenvalue weighted by molar-refractivity contribution is -0.109. The highest BCUT2D eigenvalue weighted by atomic mass is 16.1. The van der Waals surface area contributed by atoms with Crippen LogP contribution in [0.4, 0.5) is 0 Å². The minimum atomic E-state index is -0.543. The highest BCUT2D eigenvalue weighted by Gasteiger charge is 2.06. The Hall–Kier alpha value is -1.82. The summed E-state index contributed by atoms with van der Waals surface area (Å²) in [5, 5.41) is 11.1. The summed E-state index contributed by atoms with van der Waals surface area (Å²) in [4.78, 5) is 10.2. The van der Waals surface area contributed by atoms with Gasteiger partial charge in [-0.1, -0.05) is 29.8 Å². The van der Waals surface area contributed by atoms with Gasteiger partial charge in [0.2, 0.25) is 6.41 Å². The van der Waals surface area contributed by atoms with Crippen molar-refractivity contribution in [3.05, 3.63) is 35.4 Å². The Morgan fingerprint density at radius 3 is 2.54 bits per heavy atom. The fourth-order valence-electron chi connectivity index (χ4n) is 1.03. The average Bonchev–Trinajstić information content (AvgIpc) is 2.16. The molecule has 1 amide bonds. The maximum atomic E-state index is 10.2. The molecule has 0 heterocycles. The van der Waals surface area contributed by atoms with Crippen LogP contribution in [0.1, 0.15) is 17.2 Å². The number of nitrogens with one attached hydrogen (secondary N) is 1. The second kappa shape index (κ2) is 4.27. The lowest BCUT2D eigenvalue weighted by Crippen LogP contribution is -2.17. The van der Waals surface area contributed by atoms with Crippen LogP contribution in [0, 0.1) is 18.3 Å². The predicted octanol–water partition coefficient (Wildman–Crippen LogP) is 1.31. The number of carbonyl (C=O) groups is 1. The Morgan fingerprint density at radius 2 is 2.08 bits per heavy atom. The monoisotopic (exact) mass is 174 g/mol. The van der Waals surface area contributed by atoms with Gasteiger partial charge in [0, 0.05) is 0 Å². The van der Waals surface area contributed by atoms with Gasteiger partial charge in [0.1, 0.15) is 6.04 Å². The van der Waals surface area contributed by atoms with Crippen molar-refractivity contribution < 1.29 is 4.79 Å². The van der Waals surface area contributed by atoms with E-state index in [1.165, 1.54) is 0 Å².